The molecule has 1 aliphatic rings. The molecule has 2 atom stereocenters. The molecular weight excluding hydrogens is 200 g/mol. The Balaban J connectivity index is 1.70. The fourth-order valence-electron chi connectivity index (χ4n) is 2.61. The van der Waals surface area contributed by atoms with E-state index in [1.807, 2.05) is 11.7 Å². The van der Waals surface area contributed by atoms with Gasteiger partial charge in [0.05, 0.1) is 6.54 Å². The van der Waals surface area contributed by atoms with Crippen LogP contribution >= 0.6 is 0 Å². The second-order valence-electron chi connectivity index (χ2n) is 5.07. The van der Waals surface area contributed by atoms with Crippen molar-refractivity contribution in [1.82, 2.24) is 20.1 Å². The van der Waals surface area contributed by atoms with Gasteiger partial charge in [0.2, 0.25) is 0 Å². The predicted octanol–water partition coefficient (Wildman–Crippen LogP) is 1.73. The van der Waals surface area contributed by atoms with Crippen molar-refractivity contribution < 1.29 is 0 Å². The average molecular weight is 222 g/mol. The van der Waals surface area contributed by atoms with Crippen LogP contribution in [0.4, 0.5) is 0 Å². The predicted molar refractivity (Wildman–Crippen MR) is 63.8 cm³/mol. The van der Waals surface area contributed by atoms with Crippen molar-refractivity contribution in [2.24, 2.45) is 18.9 Å². The normalized spacial score (nSPS) is 25.9. The van der Waals surface area contributed by atoms with Crippen LogP contribution in [0.25, 0.3) is 0 Å². The molecular formula is C12H22N4. The van der Waals surface area contributed by atoms with Crippen molar-refractivity contribution in [3.05, 3.63) is 12.2 Å². The van der Waals surface area contributed by atoms with Crippen molar-refractivity contribution in [2.75, 3.05) is 6.54 Å². The Labute approximate surface area is 97.5 Å². The van der Waals surface area contributed by atoms with Crippen LogP contribution in [0, 0.1) is 11.8 Å². The molecule has 2 rings (SSSR count). The standard InChI is InChI=1S/C12H22N4/c1-10-4-3-5-11(6-10)7-13-8-12-14-9-15-16(12)2/h9-11,13H,3-8H2,1-2H3. The summed E-state index contributed by atoms with van der Waals surface area (Å²) in [6.07, 6.45) is 7.19. The topological polar surface area (TPSA) is 42.7 Å². The third kappa shape index (κ3) is 3.04. The lowest BCUT2D eigenvalue weighted by Crippen LogP contribution is -2.27. The highest BCUT2D eigenvalue weighted by atomic mass is 15.3. The molecule has 1 N–H and O–H groups in total. The Morgan fingerprint density at radius 3 is 3.06 bits per heavy atom. The first kappa shape index (κ1) is 11.6. The number of aryl methyl sites for hydroxylation is 1. The van der Waals surface area contributed by atoms with E-state index >= 15 is 0 Å². The first-order chi connectivity index (χ1) is 7.75. The van der Waals surface area contributed by atoms with E-state index in [0.717, 1.165) is 30.7 Å². The van der Waals surface area contributed by atoms with Crippen LogP contribution in [-0.2, 0) is 13.6 Å². The summed E-state index contributed by atoms with van der Waals surface area (Å²) in [5, 5.41) is 7.56. The van der Waals surface area contributed by atoms with E-state index in [9.17, 15) is 0 Å². The van der Waals surface area contributed by atoms with E-state index in [4.69, 9.17) is 0 Å². The van der Waals surface area contributed by atoms with Crippen LogP contribution in [0.3, 0.4) is 0 Å². The monoisotopic (exact) mass is 222 g/mol. The molecule has 0 aliphatic heterocycles. The maximum Gasteiger partial charge on any atom is 0.140 e. The SMILES string of the molecule is CC1CCCC(CNCc2ncnn2C)C1. The summed E-state index contributed by atoms with van der Waals surface area (Å²) >= 11 is 0. The first-order valence-electron chi connectivity index (χ1n) is 6.29. The van der Waals surface area contributed by atoms with Crippen LogP contribution in [0.15, 0.2) is 6.33 Å². The molecule has 0 spiro atoms. The number of nitrogens with zero attached hydrogens (tertiary/aromatic N) is 3. The van der Waals surface area contributed by atoms with Gasteiger partial charge in [-0.1, -0.05) is 19.8 Å². The number of aromatic nitrogens is 3. The lowest BCUT2D eigenvalue weighted by molar-refractivity contribution is 0.273. The highest BCUT2D eigenvalue weighted by Crippen LogP contribution is 2.27. The molecule has 0 aromatic carbocycles. The van der Waals surface area contributed by atoms with Gasteiger partial charge in [0.15, 0.2) is 0 Å². The van der Waals surface area contributed by atoms with Gasteiger partial charge in [-0.3, -0.25) is 4.68 Å². The van der Waals surface area contributed by atoms with Gasteiger partial charge < -0.3 is 5.32 Å². The molecule has 1 aliphatic carbocycles. The second-order valence-corrected chi connectivity index (χ2v) is 5.07. The van der Waals surface area contributed by atoms with Gasteiger partial charge in [0.1, 0.15) is 12.2 Å². The van der Waals surface area contributed by atoms with Crippen LogP contribution in [0.2, 0.25) is 0 Å². The average Bonchev–Trinajstić information content (AvgIpc) is 2.65. The molecule has 0 saturated heterocycles. The van der Waals surface area contributed by atoms with Gasteiger partial charge in [-0.05, 0) is 31.2 Å². The molecule has 4 nitrogen and oxygen atoms in total. The summed E-state index contributed by atoms with van der Waals surface area (Å²) < 4.78 is 1.83. The smallest absolute Gasteiger partial charge is 0.140 e. The zero-order valence-corrected chi connectivity index (χ0v) is 10.3. The summed E-state index contributed by atoms with van der Waals surface area (Å²) in [6.45, 7) is 4.33. The minimum atomic E-state index is 0.835. The maximum atomic E-state index is 4.20. The van der Waals surface area contributed by atoms with Crippen molar-refractivity contribution in [2.45, 2.75) is 39.2 Å². The van der Waals surface area contributed by atoms with E-state index in [1.54, 1.807) is 6.33 Å². The molecule has 4 heteroatoms. The van der Waals surface area contributed by atoms with Crippen LogP contribution in [0.5, 0.6) is 0 Å². The quantitative estimate of drug-likeness (QED) is 0.843. The number of hydrogen-bond acceptors (Lipinski definition) is 3. The molecule has 2 unspecified atom stereocenters. The van der Waals surface area contributed by atoms with E-state index in [0.29, 0.717) is 0 Å². The summed E-state index contributed by atoms with van der Waals surface area (Å²) in [5.41, 5.74) is 0. The lowest BCUT2D eigenvalue weighted by Gasteiger charge is -2.26. The molecule has 1 heterocycles. The van der Waals surface area contributed by atoms with Gasteiger partial charge >= 0.3 is 0 Å². The lowest BCUT2D eigenvalue weighted by atomic mass is 9.82. The van der Waals surface area contributed by atoms with Gasteiger partial charge in [-0.2, -0.15) is 5.10 Å². The van der Waals surface area contributed by atoms with Crippen LogP contribution in [0.1, 0.15) is 38.4 Å². The fourth-order valence-corrected chi connectivity index (χ4v) is 2.61. The Bertz CT molecular complexity index is 321. The molecule has 1 saturated carbocycles. The number of rotatable bonds is 4. The van der Waals surface area contributed by atoms with Gasteiger partial charge in [0, 0.05) is 7.05 Å². The zero-order valence-electron chi connectivity index (χ0n) is 10.3. The molecule has 1 aromatic heterocycles. The van der Waals surface area contributed by atoms with Crippen LogP contribution in [-0.4, -0.2) is 21.3 Å². The Morgan fingerprint density at radius 2 is 2.38 bits per heavy atom. The van der Waals surface area contributed by atoms with E-state index in [-0.39, 0.29) is 0 Å². The molecule has 90 valence electrons. The summed E-state index contributed by atoms with van der Waals surface area (Å²) in [4.78, 5) is 4.20. The van der Waals surface area contributed by atoms with Crippen LogP contribution < -0.4 is 5.32 Å². The summed E-state index contributed by atoms with van der Waals surface area (Å²) in [6, 6.07) is 0. The highest BCUT2D eigenvalue weighted by molar-refractivity contribution is 4.82. The van der Waals surface area contributed by atoms with E-state index in [1.165, 1.54) is 25.7 Å². The molecule has 16 heavy (non-hydrogen) atoms. The molecule has 0 amide bonds. The third-order valence-electron chi connectivity index (χ3n) is 3.57. The molecule has 0 bridgehead atoms. The van der Waals surface area contributed by atoms with Crippen molar-refractivity contribution in [3.8, 4) is 0 Å². The minimum absolute atomic E-state index is 0.835. The maximum absolute atomic E-state index is 4.20. The summed E-state index contributed by atoms with van der Waals surface area (Å²) in [7, 11) is 1.94. The minimum Gasteiger partial charge on any atom is -0.310 e. The largest absolute Gasteiger partial charge is 0.310 e. The second kappa shape index (κ2) is 5.43. The summed E-state index contributed by atoms with van der Waals surface area (Å²) in [5.74, 6) is 2.79. The van der Waals surface area contributed by atoms with Crippen molar-refractivity contribution in [1.29, 1.82) is 0 Å². The van der Waals surface area contributed by atoms with Crippen molar-refractivity contribution in [3.63, 3.8) is 0 Å². The van der Waals surface area contributed by atoms with Crippen molar-refractivity contribution >= 4 is 0 Å². The first-order valence-corrected chi connectivity index (χ1v) is 6.29. The number of hydrogen-bond donors (Lipinski definition) is 1. The Morgan fingerprint density at radius 1 is 1.50 bits per heavy atom. The Kier molecular flexibility index (Phi) is 3.93. The Hall–Kier alpha value is -0.900. The molecule has 1 fully saturated rings. The van der Waals surface area contributed by atoms with E-state index < -0.39 is 0 Å². The molecule has 0 radical (unpaired) electrons. The van der Waals surface area contributed by atoms with Gasteiger partial charge in [-0.15, -0.1) is 0 Å². The zero-order chi connectivity index (χ0) is 11.4. The van der Waals surface area contributed by atoms with Gasteiger partial charge in [-0.25, -0.2) is 4.98 Å². The highest BCUT2D eigenvalue weighted by Gasteiger charge is 2.18. The van der Waals surface area contributed by atoms with Gasteiger partial charge in [0.25, 0.3) is 0 Å². The molecule has 1 aromatic rings. The number of nitrogens with one attached hydrogen (secondary N) is 1. The van der Waals surface area contributed by atoms with E-state index in [2.05, 4.69) is 22.3 Å². The third-order valence-corrected chi connectivity index (χ3v) is 3.57. The fraction of sp³-hybridized carbons (Fsp3) is 0.833.